The molecule has 0 spiro atoms. The number of sulfonamides is 1. The molecular formula is C15H14F3NO2S. The predicted molar refractivity (Wildman–Crippen MR) is 77.7 cm³/mol. The van der Waals surface area contributed by atoms with Gasteiger partial charge in [0.05, 0.1) is 17.9 Å². The van der Waals surface area contributed by atoms with Crippen LogP contribution in [0.25, 0.3) is 0 Å². The summed E-state index contributed by atoms with van der Waals surface area (Å²) in [6.07, 6.45) is -3.42. The summed E-state index contributed by atoms with van der Waals surface area (Å²) in [6.45, 7) is 0. The quantitative estimate of drug-likeness (QED) is 0.935. The SMILES string of the molecule is CS(=O)(=O)NC(c1ccccc1)c1ccc(C(F)(F)F)cc1. The Morgan fingerprint density at radius 1 is 0.909 bits per heavy atom. The molecule has 2 aromatic carbocycles. The Morgan fingerprint density at radius 2 is 1.41 bits per heavy atom. The molecule has 22 heavy (non-hydrogen) atoms. The van der Waals surface area contributed by atoms with Gasteiger partial charge in [-0.25, -0.2) is 13.1 Å². The molecule has 0 saturated carbocycles. The minimum atomic E-state index is -4.43. The summed E-state index contributed by atoms with van der Waals surface area (Å²) < 4.78 is 63.3. The highest BCUT2D eigenvalue weighted by Gasteiger charge is 2.30. The van der Waals surface area contributed by atoms with E-state index in [0.717, 1.165) is 18.4 Å². The molecule has 0 aliphatic rings. The van der Waals surface area contributed by atoms with Gasteiger partial charge in [0.25, 0.3) is 0 Å². The maximum Gasteiger partial charge on any atom is 0.416 e. The van der Waals surface area contributed by atoms with E-state index in [0.29, 0.717) is 11.1 Å². The van der Waals surface area contributed by atoms with Gasteiger partial charge in [0.2, 0.25) is 10.0 Å². The van der Waals surface area contributed by atoms with Gasteiger partial charge in [-0.3, -0.25) is 0 Å². The Kier molecular flexibility index (Phi) is 4.58. The van der Waals surface area contributed by atoms with E-state index in [-0.39, 0.29) is 0 Å². The van der Waals surface area contributed by atoms with Crippen molar-refractivity contribution >= 4 is 10.0 Å². The lowest BCUT2D eigenvalue weighted by molar-refractivity contribution is -0.137. The van der Waals surface area contributed by atoms with Gasteiger partial charge in [0, 0.05) is 0 Å². The van der Waals surface area contributed by atoms with Gasteiger partial charge in [-0.2, -0.15) is 13.2 Å². The normalized spacial score (nSPS) is 13.8. The third kappa shape index (κ3) is 4.32. The molecule has 118 valence electrons. The zero-order chi connectivity index (χ0) is 16.4. The molecule has 0 aliphatic heterocycles. The van der Waals surface area contributed by atoms with Crippen LogP contribution in [0.3, 0.4) is 0 Å². The maximum absolute atomic E-state index is 12.6. The molecule has 1 N–H and O–H groups in total. The topological polar surface area (TPSA) is 46.2 Å². The molecule has 0 radical (unpaired) electrons. The van der Waals surface area contributed by atoms with Crippen molar-refractivity contribution in [2.24, 2.45) is 0 Å². The summed E-state index contributed by atoms with van der Waals surface area (Å²) in [4.78, 5) is 0. The van der Waals surface area contributed by atoms with Crippen molar-refractivity contribution in [2.45, 2.75) is 12.2 Å². The second kappa shape index (κ2) is 6.10. The average Bonchev–Trinajstić information content (AvgIpc) is 2.44. The number of alkyl halides is 3. The molecule has 0 fully saturated rings. The van der Waals surface area contributed by atoms with E-state index in [2.05, 4.69) is 4.72 Å². The van der Waals surface area contributed by atoms with Crippen molar-refractivity contribution in [3.63, 3.8) is 0 Å². The lowest BCUT2D eigenvalue weighted by Gasteiger charge is -2.19. The van der Waals surface area contributed by atoms with Crippen LogP contribution in [-0.2, 0) is 16.2 Å². The first-order valence-corrected chi connectivity index (χ1v) is 8.25. The molecule has 0 aromatic heterocycles. The van der Waals surface area contributed by atoms with E-state index in [9.17, 15) is 21.6 Å². The molecule has 0 aliphatic carbocycles. The van der Waals surface area contributed by atoms with Crippen molar-refractivity contribution in [3.05, 3.63) is 71.3 Å². The van der Waals surface area contributed by atoms with E-state index in [1.165, 1.54) is 12.1 Å². The van der Waals surface area contributed by atoms with Gasteiger partial charge in [-0.15, -0.1) is 0 Å². The van der Waals surface area contributed by atoms with Crippen LogP contribution in [0.15, 0.2) is 54.6 Å². The molecular weight excluding hydrogens is 315 g/mol. The molecule has 3 nitrogen and oxygen atoms in total. The monoisotopic (exact) mass is 329 g/mol. The van der Waals surface area contributed by atoms with Crippen LogP contribution in [0, 0.1) is 0 Å². The zero-order valence-corrected chi connectivity index (χ0v) is 12.4. The molecule has 0 amide bonds. The number of benzene rings is 2. The van der Waals surface area contributed by atoms with Crippen LogP contribution < -0.4 is 4.72 Å². The van der Waals surface area contributed by atoms with Gasteiger partial charge in [0.15, 0.2) is 0 Å². The van der Waals surface area contributed by atoms with Crippen LogP contribution >= 0.6 is 0 Å². The lowest BCUT2D eigenvalue weighted by Crippen LogP contribution is -2.28. The number of rotatable bonds is 4. The van der Waals surface area contributed by atoms with Gasteiger partial charge in [-0.05, 0) is 23.3 Å². The summed E-state index contributed by atoms with van der Waals surface area (Å²) >= 11 is 0. The minimum absolute atomic E-state index is 0.435. The van der Waals surface area contributed by atoms with E-state index >= 15 is 0 Å². The Morgan fingerprint density at radius 3 is 1.86 bits per heavy atom. The van der Waals surface area contributed by atoms with Crippen LogP contribution in [0.5, 0.6) is 0 Å². The molecule has 0 saturated heterocycles. The van der Waals surface area contributed by atoms with Gasteiger partial charge >= 0.3 is 6.18 Å². The number of hydrogen-bond donors (Lipinski definition) is 1. The molecule has 7 heteroatoms. The third-order valence-corrected chi connectivity index (χ3v) is 3.70. The molecule has 0 bridgehead atoms. The molecule has 2 rings (SSSR count). The van der Waals surface area contributed by atoms with Gasteiger partial charge < -0.3 is 0 Å². The predicted octanol–water partition coefficient (Wildman–Crippen LogP) is 3.34. The summed E-state index contributed by atoms with van der Waals surface area (Å²) in [5.41, 5.74) is 0.305. The van der Waals surface area contributed by atoms with Crippen molar-refractivity contribution < 1.29 is 21.6 Å². The summed E-state index contributed by atoms with van der Waals surface area (Å²) in [5, 5.41) is 0. The summed E-state index contributed by atoms with van der Waals surface area (Å²) in [6, 6.07) is 12.3. The van der Waals surface area contributed by atoms with Crippen LogP contribution in [0.1, 0.15) is 22.7 Å². The first-order valence-electron chi connectivity index (χ1n) is 6.36. The van der Waals surface area contributed by atoms with Crippen molar-refractivity contribution in [2.75, 3.05) is 6.26 Å². The van der Waals surface area contributed by atoms with Gasteiger partial charge in [-0.1, -0.05) is 42.5 Å². The molecule has 2 aromatic rings. The van der Waals surface area contributed by atoms with E-state index in [4.69, 9.17) is 0 Å². The Hall–Kier alpha value is -1.86. The fourth-order valence-corrected chi connectivity index (χ4v) is 2.75. The first kappa shape index (κ1) is 16.5. The number of nitrogens with one attached hydrogen (secondary N) is 1. The maximum atomic E-state index is 12.6. The van der Waals surface area contributed by atoms with Crippen LogP contribution in [0.4, 0.5) is 13.2 Å². The fraction of sp³-hybridized carbons (Fsp3) is 0.200. The van der Waals surface area contributed by atoms with Crippen molar-refractivity contribution in [3.8, 4) is 0 Å². The lowest BCUT2D eigenvalue weighted by atomic mass is 9.98. The Labute approximate surface area is 126 Å². The number of hydrogen-bond acceptors (Lipinski definition) is 2. The van der Waals surface area contributed by atoms with Crippen molar-refractivity contribution in [1.82, 2.24) is 4.72 Å². The Balaban J connectivity index is 2.41. The highest BCUT2D eigenvalue weighted by molar-refractivity contribution is 7.88. The molecule has 1 atom stereocenters. The highest BCUT2D eigenvalue weighted by Crippen LogP contribution is 2.31. The van der Waals surface area contributed by atoms with Crippen LogP contribution in [-0.4, -0.2) is 14.7 Å². The van der Waals surface area contributed by atoms with Crippen molar-refractivity contribution in [1.29, 1.82) is 0 Å². The average molecular weight is 329 g/mol. The van der Waals surface area contributed by atoms with Gasteiger partial charge in [0.1, 0.15) is 0 Å². The minimum Gasteiger partial charge on any atom is -0.213 e. The highest BCUT2D eigenvalue weighted by atomic mass is 32.2. The first-order chi connectivity index (χ1) is 10.2. The van der Waals surface area contributed by atoms with Crippen LogP contribution in [0.2, 0.25) is 0 Å². The standard InChI is InChI=1S/C15H14F3NO2S/c1-22(20,21)19-14(11-5-3-2-4-6-11)12-7-9-13(10-8-12)15(16,17)18/h2-10,14,19H,1H3. The second-order valence-corrected chi connectivity index (χ2v) is 6.63. The van der Waals surface area contributed by atoms with E-state index in [1.54, 1.807) is 30.3 Å². The fourth-order valence-electron chi connectivity index (χ4n) is 2.05. The summed E-state index contributed by atoms with van der Waals surface area (Å²) in [5.74, 6) is 0. The molecule has 1 unspecified atom stereocenters. The Bertz CT molecular complexity index is 726. The zero-order valence-electron chi connectivity index (χ0n) is 11.6. The summed E-state index contributed by atoms with van der Waals surface area (Å²) in [7, 11) is -3.53. The third-order valence-electron chi connectivity index (χ3n) is 3.04. The number of halogens is 3. The van der Waals surface area contributed by atoms with E-state index in [1.807, 2.05) is 0 Å². The second-order valence-electron chi connectivity index (χ2n) is 4.85. The largest absolute Gasteiger partial charge is 0.416 e. The smallest absolute Gasteiger partial charge is 0.213 e. The molecule has 0 heterocycles. The van der Waals surface area contributed by atoms with E-state index < -0.39 is 27.8 Å².